The van der Waals surface area contributed by atoms with Crippen LogP contribution in [-0.2, 0) is 23.8 Å². The molecular formula is C45H50N8O7. The van der Waals surface area contributed by atoms with Gasteiger partial charge in [0.05, 0.1) is 50.1 Å². The first kappa shape index (κ1) is 40.3. The third kappa shape index (κ3) is 8.35. The SMILES string of the molecule is C=C1C[C@@H](c2ncc(-c3ccc(-c4ccc5cc(-c6cnc([C@@H]7CCCN7C(=O)C(NC(=O)OC)C7CCOCC7)[nH]6)ccc5c4)cc3)[nH]2)N(C(=O)C(C)NC(=O)OC)C1. The Bertz CT molecular complexity index is 2400. The largest absolute Gasteiger partial charge is 0.453 e. The van der Waals surface area contributed by atoms with Gasteiger partial charge >= 0.3 is 12.2 Å². The van der Waals surface area contributed by atoms with Crippen molar-refractivity contribution in [3.63, 3.8) is 0 Å². The number of ether oxygens (including phenoxy) is 3. The monoisotopic (exact) mass is 814 g/mol. The molecule has 4 atom stereocenters. The van der Waals surface area contributed by atoms with Crippen molar-refractivity contribution >= 4 is 34.8 Å². The minimum atomic E-state index is -0.760. The quantitative estimate of drug-likeness (QED) is 0.112. The molecule has 2 aromatic heterocycles. The van der Waals surface area contributed by atoms with Gasteiger partial charge in [0.2, 0.25) is 11.8 Å². The van der Waals surface area contributed by atoms with Crippen LogP contribution in [-0.4, -0.2) is 106 Å². The lowest BCUT2D eigenvalue weighted by Gasteiger charge is -2.34. The van der Waals surface area contributed by atoms with Gasteiger partial charge in [-0.05, 0) is 84.5 Å². The average Bonchev–Trinajstić information content (AvgIpc) is 4.12. The van der Waals surface area contributed by atoms with Gasteiger partial charge in [-0.15, -0.1) is 0 Å². The van der Waals surface area contributed by atoms with Gasteiger partial charge in [0.15, 0.2) is 0 Å². The summed E-state index contributed by atoms with van der Waals surface area (Å²) in [6, 6.07) is 19.0. The van der Waals surface area contributed by atoms with E-state index in [-0.39, 0.29) is 29.8 Å². The number of benzene rings is 3. The highest BCUT2D eigenvalue weighted by Gasteiger charge is 2.40. The van der Waals surface area contributed by atoms with E-state index in [2.05, 4.69) is 85.4 Å². The van der Waals surface area contributed by atoms with Crippen molar-refractivity contribution in [2.24, 2.45) is 5.92 Å². The molecule has 0 radical (unpaired) electrons. The Hall–Kier alpha value is -6.48. The number of rotatable bonds is 10. The molecule has 0 bridgehead atoms. The molecule has 3 aliphatic rings. The van der Waals surface area contributed by atoms with Crippen LogP contribution in [0.25, 0.3) is 44.4 Å². The summed E-state index contributed by atoms with van der Waals surface area (Å²) in [6.07, 6.45) is 5.90. The predicted octanol–water partition coefficient (Wildman–Crippen LogP) is 6.68. The number of amides is 4. The standard InChI is InChI=1S/C45H50N8O7/c1-26-20-38(53(25-26)42(54)27(2)48-44(56)58-3)41-47-23-35(49-41)29-9-7-28(8-10-29)31-11-12-33-22-34(14-13-32(33)21-31)36-24-46-40(50-36)37-6-5-17-52(37)43(55)39(51-45(57)59-4)30-15-18-60-19-16-30/h7-14,21-24,27,30,37-39H,1,5-6,15-20,25H2,2-4H3,(H,46,50)(H,47,49)(H,48,56)(H,51,57)/t27?,37-,38-,39?/m0/s1. The molecule has 0 spiro atoms. The minimum absolute atomic E-state index is 0.0296. The molecule has 5 heterocycles. The number of fused-ring (bicyclic) bond motifs is 1. The molecule has 3 fully saturated rings. The van der Waals surface area contributed by atoms with E-state index in [4.69, 9.17) is 14.5 Å². The minimum Gasteiger partial charge on any atom is -0.453 e. The van der Waals surface area contributed by atoms with Crippen molar-refractivity contribution in [3.05, 3.63) is 96.9 Å². The lowest BCUT2D eigenvalue weighted by Crippen LogP contribution is -2.53. The van der Waals surface area contributed by atoms with Crippen LogP contribution in [0, 0.1) is 5.92 Å². The first-order chi connectivity index (χ1) is 29.1. The number of methoxy groups -OCH3 is 2. The Morgan fingerprint density at radius 2 is 1.33 bits per heavy atom. The van der Waals surface area contributed by atoms with E-state index < -0.39 is 24.3 Å². The second-order valence-electron chi connectivity index (χ2n) is 15.8. The van der Waals surface area contributed by atoms with Gasteiger partial charge in [0, 0.05) is 31.9 Å². The number of hydrogen-bond donors (Lipinski definition) is 4. The van der Waals surface area contributed by atoms with E-state index in [1.165, 1.54) is 14.2 Å². The molecule has 312 valence electrons. The lowest BCUT2D eigenvalue weighted by atomic mass is 9.90. The van der Waals surface area contributed by atoms with Crippen LogP contribution in [0.5, 0.6) is 0 Å². The number of nitrogens with one attached hydrogen (secondary N) is 4. The number of aromatic nitrogens is 4. The van der Waals surface area contributed by atoms with Crippen molar-refractivity contribution in [2.75, 3.05) is 40.5 Å². The fourth-order valence-corrected chi connectivity index (χ4v) is 8.67. The lowest BCUT2D eigenvalue weighted by molar-refractivity contribution is -0.137. The van der Waals surface area contributed by atoms with Crippen molar-refractivity contribution in [3.8, 4) is 33.6 Å². The summed E-state index contributed by atoms with van der Waals surface area (Å²) in [5.41, 5.74) is 6.70. The average molecular weight is 815 g/mol. The number of aromatic amines is 2. The van der Waals surface area contributed by atoms with Crippen LogP contribution in [0.3, 0.4) is 0 Å². The molecule has 4 N–H and O–H groups in total. The Balaban J connectivity index is 0.940. The third-order valence-electron chi connectivity index (χ3n) is 11.9. The topological polar surface area (TPSA) is 184 Å². The summed E-state index contributed by atoms with van der Waals surface area (Å²) >= 11 is 0. The fraction of sp³-hybridized carbons (Fsp3) is 0.378. The number of likely N-dealkylation sites (tertiary alicyclic amines) is 2. The Kier molecular flexibility index (Phi) is 11.7. The summed E-state index contributed by atoms with van der Waals surface area (Å²) in [6.45, 7) is 7.83. The van der Waals surface area contributed by atoms with E-state index in [0.717, 1.165) is 68.7 Å². The highest BCUT2D eigenvalue weighted by atomic mass is 16.5. The van der Waals surface area contributed by atoms with Crippen LogP contribution < -0.4 is 10.6 Å². The Morgan fingerprint density at radius 1 is 0.750 bits per heavy atom. The first-order valence-electron chi connectivity index (χ1n) is 20.4. The molecule has 2 unspecified atom stereocenters. The highest BCUT2D eigenvalue weighted by molar-refractivity contribution is 5.91. The van der Waals surface area contributed by atoms with Gasteiger partial charge < -0.3 is 44.6 Å². The van der Waals surface area contributed by atoms with E-state index in [9.17, 15) is 19.2 Å². The summed E-state index contributed by atoms with van der Waals surface area (Å²) in [5.74, 6) is 1.01. The van der Waals surface area contributed by atoms with Crippen LogP contribution in [0.4, 0.5) is 9.59 Å². The Labute approximate surface area is 347 Å². The van der Waals surface area contributed by atoms with Crippen LogP contribution >= 0.6 is 0 Å². The number of nitrogens with zero attached hydrogens (tertiary/aromatic N) is 4. The maximum atomic E-state index is 14.0. The summed E-state index contributed by atoms with van der Waals surface area (Å²) in [4.78, 5) is 71.1. The maximum Gasteiger partial charge on any atom is 0.407 e. The number of alkyl carbamates (subject to hydrolysis) is 2. The molecule has 3 aliphatic heterocycles. The predicted molar refractivity (Wildman–Crippen MR) is 224 cm³/mol. The van der Waals surface area contributed by atoms with Gasteiger partial charge in [0.1, 0.15) is 23.7 Å². The van der Waals surface area contributed by atoms with E-state index in [1.807, 2.05) is 23.2 Å². The smallest absolute Gasteiger partial charge is 0.407 e. The fourth-order valence-electron chi connectivity index (χ4n) is 8.67. The Morgan fingerprint density at radius 3 is 2.02 bits per heavy atom. The molecule has 3 aromatic carbocycles. The second kappa shape index (κ2) is 17.4. The van der Waals surface area contributed by atoms with Crippen LogP contribution in [0.1, 0.15) is 62.8 Å². The normalized spacial score (nSPS) is 19.3. The van der Waals surface area contributed by atoms with Gasteiger partial charge in [-0.2, -0.15) is 0 Å². The van der Waals surface area contributed by atoms with E-state index in [1.54, 1.807) is 18.0 Å². The second-order valence-corrected chi connectivity index (χ2v) is 15.8. The third-order valence-corrected chi connectivity index (χ3v) is 11.9. The van der Waals surface area contributed by atoms with Gasteiger partial charge in [0.25, 0.3) is 0 Å². The number of imidazole rings is 2. The summed E-state index contributed by atoms with van der Waals surface area (Å²) in [7, 11) is 2.57. The number of carbonyl (C=O) groups is 4. The maximum absolute atomic E-state index is 14.0. The van der Waals surface area contributed by atoms with Gasteiger partial charge in [-0.1, -0.05) is 60.7 Å². The van der Waals surface area contributed by atoms with Crippen LogP contribution in [0.2, 0.25) is 0 Å². The zero-order chi connectivity index (χ0) is 41.9. The highest BCUT2D eigenvalue weighted by Crippen LogP contribution is 2.37. The molecule has 4 amide bonds. The zero-order valence-electron chi connectivity index (χ0n) is 34.0. The number of H-pyrrole nitrogens is 2. The molecule has 0 saturated carbocycles. The van der Waals surface area contributed by atoms with Gasteiger partial charge in [-0.25, -0.2) is 19.6 Å². The van der Waals surface area contributed by atoms with E-state index >= 15 is 0 Å². The van der Waals surface area contributed by atoms with Gasteiger partial charge in [-0.3, -0.25) is 9.59 Å². The molecule has 15 heteroatoms. The summed E-state index contributed by atoms with van der Waals surface area (Å²) < 4.78 is 15.1. The van der Waals surface area contributed by atoms with Crippen molar-refractivity contribution < 1.29 is 33.4 Å². The number of hydrogen-bond acceptors (Lipinski definition) is 9. The molecule has 8 rings (SSSR count). The molecule has 3 saturated heterocycles. The van der Waals surface area contributed by atoms with Crippen molar-refractivity contribution in [2.45, 2.75) is 63.2 Å². The summed E-state index contributed by atoms with van der Waals surface area (Å²) in [5, 5.41) is 7.54. The zero-order valence-corrected chi connectivity index (χ0v) is 34.0. The van der Waals surface area contributed by atoms with Crippen LogP contribution in [0.15, 0.2) is 85.2 Å². The first-order valence-corrected chi connectivity index (χ1v) is 20.4. The molecular weight excluding hydrogens is 765 g/mol. The van der Waals surface area contributed by atoms with Crippen molar-refractivity contribution in [1.29, 1.82) is 0 Å². The molecule has 5 aromatic rings. The molecule has 0 aliphatic carbocycles. The number of carbonyl (C=O) groups excluding carboxylic acids is 4. The molecule has 15 nitrogen and oxygen atoms in total. The molecule has 60 heavy (non-hydrogen) atoms. The van der Waals surface area contributed by atoms with Crippen molar-refractivity contribution in [1.82, 2.24) is 40.4 Å². The van der Waals surface area contributed by atoms with E-state index in [0.29, 0.717) is 51.4 Å².